The standard InChI is InChI=1S/C10H16O/c1-3-9-6-4-5-7-10(11)8(9)2/h3-7H2,1-2H3. The Bertz CT molecular complexity index is 189. The van der Waals surface area contributed by atoms with Crippen LogP contribution in [0.1, 0.15) is 46.0 Å². The van der Waals surface area contributed by atoms with Crippen LogP contribution in [0.2, 0.25) is 0 Å². The zero-order chi connectivity index (χ0) is 8.27. The number of Topliss-reactive ketones (excluding diaryl/α,β-unsaturated/α-hetero) is 1. The number of carbonyl (C=O) groups is 1. The molecule has 0 aliphatic heterocycles. The topological polar surface area (TPSA) is 17.1 Å². The normalized spacial score (nSPS) is 20.4. The molecule has 1 aliphatic carbocycles. The van der Waals surface area contributed by atoms with Gasteiger partial charge < -0.3 is 0 Å². The van der Waals surface area contributed by atoms with E-state index < -0.39 is 0 Å². The minimum Gasteiger partial charge on any atom is -0.295 e. The van der Waals surface area contributed by atoms with Crippen molar-refractivity contribution in [2.24, 2.45) is 0 Å². The van der Waals surface area contributed by atoms with Gasteiger partial charge >= 0.3 is 0 Å². The van der Waals surface area contributed by atoms with Crippen LogP contribution in [-0.2, 0) is 4.79 Å². The molecule has 0 fully saturated rings. The Hall–Kier alpha value is -0.590. The fourth-order valence-corrected chi connectivity index (χ4v) is 1.64. The molecule has 0 amide bonds. The quantitative estimate of drug-likeness (QED) is 0.564. The number of hydrogen-bond acceptors (Lipinski definition) is 1. The van der Waals surface area contributed by atoms with Crippen molar-refractivity contribution in [3.63, 3.8) is 0 Å². The van der Waals surface area contributed by atoms with Crippen molar-refractivity contribution in [3.8, 4) is 0 Å². The van der Waals surface area contributed by atoms with Crippen molar-refractivity contribution in [1.29, 1.82) is 0 Å². The first-order valence-electron chi connectivity index (χ1n) is 4.47. The SMILES string of the molecule is CCC1=C(C)C(=O)CCCC1. The lowest BCUT2D eigenvalue weighted by Crippen LogP contribution is -1.98. The summed E-state index contributed by atoms with van der Waals surface area (Å²) in [6.07, 6.45) is 5.26. The van der Waals surface area contributed by atoms with Crippen molar-refractivity contribution in [2.45, 2.75) is 46.0 Å². The zero-order valence-corrected chi connectivity index (χ0v) is 7.44. The summed E-state index contributed by atoms with van der Waals surface area (Å²) < 4.78 is 0. The van der Waals surface area contributed by atoms with E-state index in [2.05, 4.69) is 6.92 Å². The summed E-state index contributed by atoms with van der Waals surface area (Å²) in [4.78, 5) is 11.3. The summed E-state index contributed by atoms with van der Waals surface area (Å²) in [5.74, 6) is 0.374. The first-order valence-corrected chi connectivity index (χ1v) is 4.47. The maximum absolute atomic E-state index is 11.3. The van der Waals surface area contributed by atoms with Crippen LogP contribution in [0.25, 0.3) is 0 Å². The Morgan fingerprint density at radius 3 is 2.55 bits per heavy atom. The van der Waals surface area contributed by atoms with Gasteiger partial charge in [0.2, 0.25) is 0 Å². The maximum Gasteiger partial charge on any atom is 0.158 e. The Morgan fingerprint density at radius 2 is 1.91 bits per heavy atom. The highest BCUT2D eigenvalue weighted by Crippen LogP contribution is 2.22. The average Bonchev–Trinajstić information content (AvgIpc) is 2.16. The summed E-state index contributed by atoms with van der Waals surface area (Å²) in [6.45, 7) is 4.12. The second kappa shape index (κ2) is 3.70. The van der Waals surface area contributed by atoms with Gasteiger partial charge in [-0.2, -0.15) is 0 Å². The summed E-state index contributed by atoms with van der Waals surface area (Å²) in [7, 11) is 0. The van der Waals surface area contributed by atoms with E-state index in [4.69, 9.17) is 0 Å². The molecule has 0 bridgehead atoms. The van der Waals surface area contributed by atoms with Gasteiger partial charge in [-0.05, 0) is 38.2 Å². The van der Waals surface area contributed by atoms with Gasteiger partial charge in [0.05, 0.1) is 0 Å². The van der Waals surface area contributed by atoms with Crippen molar-refractivity contribution >= 4 is 5.78 Å². The summed E-state index contributed by atoms with van der Waals surface area (Å²) >= 11 is 0. The number of hydrogen-bond donors (Lipinski definition) is 0. The molecule has 0 heterocycles. The van der Waals surface area contributed by atoms with Gasteiger partial charge in [-0.15, -0.1) is 0 Å². The van der Waals surface area contributed by atoms with Gasteiger partial charge in [0, 0.05) is 6.42 Å². The fourth-order valence-electron chi connectivity index (χ4n) is 1.64. The molecule has 1 nitrogen and oxygen atoms in total. The van der Waals surface area contributed by atoms with Crippen molar-refractivity contribution in [2.75, 3.05) is 0 Å². The molecule has 0 aromatic carbocycles. The van der Waals surface area contributed by atoms with E-state index in [1.807, 2.05) is 6.92 Å². The van der Waals surface area contributed by atoms with Gasteiger partial charge in [0.25, 0.3) is 0 Å². The summed E-state index contributed by atoms with van der Waals surface area (Å²) in [5.41, 5.74) is 2.43. The second-order valence-electron chi connectivity index (χ2n) is 3.21. The molecule has 0 saturated carbocycles. The predicted octanol–water partition coefficient (Wildman–Crippen LogP) is 2.86. The van der Waals surface area contributed by atoms with E-state index in [0.717, 1.165) is 31.3 Å². The molecule has 0 atom stereocenters. The van der Waals surface area contributed by atoms with Gasteiger partial charge in [0.1, 0.15) is 0 Å². The summed E-state index contributed by atoms with van der Waals surface area (Å²) in [5, 5.41) is 0. The maximum atomic E-state index is 11.3. The lowest BCUT2D eigenvalue weighted by molar-refractivity contribution is -0.115. The van der Waals surface area contributed by atoms with Crippen molar-refractivity contribution < 1.29 is 4.79 Å². The zero-order valence-electron chi connectivity index (χ0n) is 7.44. The number of ketones is 1. The third-order valence-corrected chi connectivity index (χ3v) is 2.51. The largest absolute Gasteiger partial charge is 0.295 e. The van der Waals surface area contributed by atoms with Gasteiger partial charge in [0.15, 0.2) is 5.78 Å². The lowest BCUT2D eigenvalue weighted by atomic mass is 10.0. The van der Waals surface area contributed by atoms with E-state index in [0.29, 0.717) is 5.78 Å². The van der Waals surface area contributed by atoms with Crippen LogP contribution >= 0.6 is 0 Å². The smallest absolute Gasteiger partial charge is 0.158 e. The van der Waals surface area contributed by atoms with E-state index >= 15 is 0 Å². The predicted molar refractivity (Wildman–Crippen MR) is 46.5 cm³/mol. The van der Waals surface area contributed by atoms with Crippen LogP contribution in [0, 0.1) is 0 Å². The van der Waals surface area contributed by atoms with Crippen molar-refractivity contribution in [1.82, 2.24) is 0 Å². The molecular formula is C10H16O. The lowest BCUT2D eigenvalue weighted by Gasteiger charge is -2.03. The number of carbonyl (C=O) groups excluding carboxylic acids is 1. The van der Waals surface area contributed by atoms with Crippen LogP contribution < -0.4 is 0 Å². The molecule has 0 aromatic heterocycles. The Morgan fingerprint density at radius 1 is 1.27 bits per heavy atom. The molecule has 0 spiro atoms. The highest BCUT2D eigenvalue weighted by atomic mass is 16.1. The minimum absolute atomic E-state index is 0.374. The summed E-state index contributed by atoms with van der Waals surface area (Å²) in [6, 6.07) is 0. The van der Waals surface area contributed by atoms with Crippen LogP contribution in [-0.4, -0.2) is 5.78 Å². The molecule has 0 radical (unpaired) electrons. The van der Waals surface area contributed by atoms with E-state index in [9.17, 15) is 4.79 Å². The molecule has 0 saturated heterocycles. The first kappa shape index (κ1) is 8.51. The fraction of sp³-hybridized carbons (Fsp3) is 0.700. The molecule has 62 valence electrons. The molecule has 0 aromatic rings. The molecule has 0 N–H and O–H groups in total. The van der Waals surface area contributed by atoms with Gasteiger partial charge in [-0.25, -0.2) is 0 Å². The molecule has 1 heteroatoms. The Kier molecular flexibility index (Phi) is 2.86. The number of rotatable bonds is 1. The highest BCUT2D eigenvalue weighted by Gasteiger charge is 2.12. The Balaban J connectivity index is 2.81. The van der Waals surface area contributed by atoms with E-state index in [-0.39, 0.29) is 0 Å². The number of allylic oxidation sites excluding steroid dienone is 2. The van der Waals surface area contributed by atoms with Crippen LogP contribution in [0.3, 0.4) is 0 Å². The van der Waals surface area contributed by atoms with Crippen LogP contribution in [0.15, 0.2) is 11.1 Å². The molecular weight excluding hydrogens is 136 g/mol. The Labute approximate surface area is 68.5 Å². The third-order valence-electron chi connectivity index (χ3n) is 2.51. The average molecular weight is 152 g/mol. The van der Waals surface area contributed by atoms with Gasteiger partial charge in [-0.1, -0.05) is 12.5 Å². The van der Waals surface area contributed by atoms with E-state index in [1.165, 1.54) is 12.0 Å². The monoisotopic (exact) mass is 152 g/mol. The second-order valence-corrected chi connectivity index (χ2v) is 3.21. The highest BCUT2D eigenvalue weighted by molar-refractivity contribution is 5.95. The minimum atomic E-state index is 0.374. The van der Waals surface area contributed by atoms with Gasteiger partial charge in [-0.3, -0.25) is 4.79 Å². The molecule has 11 heavy (non-hydrogen) atoms. The van der Waals surface area contributed by atoms with Crippen LogP contribution in [0.5, 0.6) is 0 Å². The molecule has 0 unspecified atom stereocenters. The van der Waals surface area contributed by atoms with Crippen molar-refractivity contribution in [3.05, 3.63) is 11.1 Å². The van der Waals surface area contributed by atoms with E-state index in [1.54, 1.807) is 0 Å². The third kappa shape index (κ3) is 1.92. The molecule has 1 aliphatic rings. The molecule has 1 rings (SSSR count). The first-order chi connectivity index (χ1) is 5.25. The van der Waals surface area contributed by atoms with Crippen LogP contribution in [0.4, 0.5) is 0 Å².